The predicted octanol–water partition coefficient (Wildman–Crippen LogP) is 3.04. The van der Waals surface area contributed by atoms with E-state index in [1.165, 1.54) is 25.7 Å². The molecule has 0 bridgehead atoms. The summed E-state index contributed by atoms with van der Waals surface area (Å²) in [5.41, 5.74) is 0. The highest BCUT2D eigenvalue weighted by Crippen LogP contribution is 2.02. The van der Waals surface area contributed by atoms with Gasteiger partial charge in [-0.15, -0.1) is 0 Å². The fraction of sp³-hybridized carbons (Fsp3) is 0.962. The van der Waals surface area contributed by atoms with Gasteiger partial charge >= 0.3 is 5.97 Å². The van der Waals surface area contributed by atoms with Gasteiger partial charge in [-0.2, -0.15) is 0 Å². The summed E-state index contributed by atoms with van der Waals surface area (Å²) in [5.74, 6) is -0.244. The van der Waals surface area contributed by atoms with Crippen molar-refractivity contribution >= 4 is 5.97 Å². The molecule has 0 aromatic rings. The number of unbranched alkanes of at least 4 members (excludes halogenated alkanes) is 4. The van der Waals surface area contributed by atoms with Crippen LogP contribution in [0.1, 0.15) is 52.4 Å². The van der Waals surface area contributed by atoms with Crippen LogP contribution in [0.3, 0.4) is 0 Å². The fourth-order valence-corrected chi connectivity index (χ4v) is 2.84. The van der Waals surface area contributed by atoms with Crippen molar-refractivity contribution in [3.05, 3.63) is 0 Å². The lowest BCUT2D eigenvalue weighted by atomic mass is 10.2. The third-order valence-corrected chi connectivity index (χ3v) is 4.75. The quantitative estimate of drug-likeness (QED) is 0.0994. The zero-order chi connectivity index (χ0) is 26.2. The van der Waals surface area contributed by atoms with Crippen LogP contribution in [-0.2, 0) is 47.4 Å². The Kier molecular flexibility index (Phi) is 31.4. The topological polar surface area (TPSA) is 100 Å². The van der Waals surface area contributed by atoms with Crippen LogP contribution in [-0.4, -0.2) is 118 Å². The number of carbonyl (C=O) groups excluding carboxylic acids is 1. The smallest absolute Gasteiger partial charge is 0.308 e. The van der Waals surface area contributed by atoms with Gasteiger partial charge in [0, 0.05) is 6.61 Å². The van der Waals surface area contributed by atoms with E-state index in [1.807, 2.05) is 0 Å². The number of hydrogen-bond acceptors (Lipinski definition) is 10. The number of ether oxygens (including phenoxy) is 9. The highest BCUT2D eigenvalue weighted by atomic mass is 16.6. The van der Waals surface area contributed by atoms with E-state index in [0.717, 1.165) is 13.0 Å². The van der Waals surface area contributed by atoms with Crippen molar-refractivity contribution in [1.82, 2.24) is 0 Å². The van der Waals surface area contributed by atoms with E-state index >= 15 is 0 Å². The van der Waals surface area contributed by atoms with E-state index in [0.29, 0.717) is 106 Å². The third kappa shape index (κ3) is 31.2. The maximum absolute atomic E-state index is 11.1. The summed E-state index contributed by atoms with van der Waals surface area (Å²) < 4.78 is 48.3. The van der Waals surface area contributed by atoms with Crippen molar-refractivity contribution in [2.75, 3.05) is 112 Å². The molecule has 0 amide bonds. The molecule has 0 heterocycles. The molecule has 10 heteroatoms. The first kappa shape index (κ1) is 35.2. The average Bonchev–Trinajstić information content (AvgIpc) is 2.88. The minimum atomic E-state index is -0.244. The third-order valence-electron chi connectivity index (χ3n) is 4.75. The van der Waals surface area contributed by atoms with Crippen molar-refractivity contribution < 1.29 is 47.4 Å². The first-order valence-corrected chi connectivity index (χ1v) is 13.6. The lowest BCUT2D eigenvalue weighted by Gasteiger charge is -2.08. The summed E-state index contributed by atoms with van der Waals surface area (Å²) >= 11 is 0. The molecule has 0 rings (SSSR count). The van der Waals surface area contributed by atoms with Crippen LogP contribution in [0.25, 0.3) is 0 Å². The summed E-state index contributed by atoms with van der Waals surface area (Å²) in [6, 6.07) is 0. The maximum atomic E-state index is 11.1. The summed E-state index contributed by atoms with van der Waals surface area (Å²) in [4.78, 5) is 11.1. The Morgan fingerprint density at radius 3 is 1.11 bits per heavy atom. The fourth-order valence-electron chi connectivity index (χ4n) is 2.84. The van der Waals surface area contributed by atoms with Crippen LogP contribution in [0.15, 0.2) is 0 Å². The van der Waals surface area contributed by atoms with E-state index < -0.39 is 0 Å². The molecule has 0 saturated heterocycles. The van der Waals surface area contributed by atoms with Gasteiger partial charge in [0.15, 0.2) is 0 Å². The standard InChI is InChI=1S/C26H52O10/c1-3-5-6-7-8-10-28-12-14-30-16-18-32-20-22-34-24-25-35-23-21-33-19-17-31-15-13-29-11-9-26(27)36-4-2/h3-25H2,1-2H3. The minimum Gasteiger partial charge on any atom is -0.466 e. The number of carbonyl (C=O) groups is 1. The molecular formula is C26H52O10. The Hall–Kier alpha value is -0.850. The molecular weight excluding hydrogens is 472 g/mol. The van der Waals surface area contributed by atoms with Gasteiger partial charge < -0.3 is 42.6 Å². The molecule has 36 heavy (non-hydrogen) atoms. The van der Waals surface area contributed by atoms with E-state index in [4.69, 9.17) is 42.6 Å². The number of esters is 1. The number of rotatable bonds is 31. The largest absolute Gasteiger partial charge is 0.466 e. The molecule has 0 fully saturated rings. The van der Waals surface area contributed by atoms with E-state index in [1.54, 1.807) is 6.92 Å². The first-order valence-electron chi connectivity index (χ1n) is 13.6. The Bertz CT molecular complexity index is 426. The Morgan fingerprint density at radius 1 is 0.417 bits per heavy atom. The minimum absolute atomic E-state index is 0.244. The first-order chi connectivity index (χ1) is 17.8. The van der Waals surface area contributed by atoms with Gasteiger partial charge in [-0.05, 0) is 13.3 Å². The van der Waals surface area contributed by atoms with Gasteiger partial charge in [0.1, 0.15) is 0 Å². The predicted molar refractivity (Wildman–Crippen MR) is 137 cm³/mol. The van der Waals surface area contributed by atoms with Gasteiger partial charge in [0.05, 0.1) is 112 Å². The van der Waals surface area contributed by atoms with Gasteiger partial charge in [0.25, 0.3) is 0 Å². The summed E-state index contributed by atoms with van der Waals surface area (Å²) in [5, 5.41) is 0. The molecule has 216 valence electrons. The van der Waals surface area contributed by atoms with Crippen molar-refractivity contribution in [3.8, 4) is 0 Å². The summed E-state index contributed by atoms with van der Waals surface area (Å²) in [6.07, 6.45) is 6.54. The SMILES string of the molecule is CCCCCCCOCCOCCOCCOCCOCCOCCOCCOCCC(=O)OCC. The Labute approximate surface area is 218 Å². The molecule has 0 aliphatic carbocycles. The van der Waals surface area contributed by atoms with Gasteiger partial charge in [-0.25, -0.2) is 0 Å². The highest BCUT2D eigenvalue weighted by molar-refractivity contribution is 5.69. The molecule has 0 atom stereocenters. The lowest BCUT2D eigenvalue weighted by Crippen LogP contribution is -2.15. The molecule has 10 nitrogen and oxygen atoms in total. The Balaban J connectivity index is 3.04. The van der Waals surface area contributed by atoms with Crippen LogP contribution in [0.4, 0.5) is 0 Å². The van der Waals surface area contributed by atoms with Gasteiger partial charge in [-0.1, -0.05) is 32.6 Å². The van der Waals surface area contributed by atoms with Crippen molar-refractivity contribution in [2.45, 2.75) is 52.4 Å². The number of hydrogen-bond donors (Lipinski definition) is 0. The molecule has 0 aliphatic heterocycles. The summed E-state index contributed by atoms with van der Waals surface area (Å²) in [6.45, 7) is 13.0. The van der Waals surface area contributed by atoms with Crippen LogP contribution in [0, 0.1) is 0 Å². The second kappa shape index (κ2) is 32.2. The van der Waals surface area contributed by atoms with E-state index in [2.05, 4.69) is 6.92 Å². The average molecular weight is 525 g/mol. The normalized spacial score (nSPS) is 11.3. The summed E-state index contributed by atoms with van der Waals surface area (Å²) in [7, 11) is 0. The van der Waals surface area contributed by atoms with Gasteiger partial charge in [0.2, 0.25) is 0 Å². The second-order valence-corrected chi connectivity index (χ2v) is 7.87. The lowest BCUT2D eigenvalue weighted by molar-refractivity contribution is -0.144. The molecule has 0 unspecified atom stereocenters. The van der Waals surface area contributed by atoms with Crippen molar-refractivity contribution in [3.63, 3.8) is 0 Å². The van der Waals surface area contributed by atoms with Gasteiger partial charge in [-0.3, -0.25) is 4.79 Å². The molecule has 0 aliphatic rings. The van der Waals surface area contributed by atoms with Crippen molar-refractivity contribution in [2.24, 2.45) is 0 Å². The molecule has 0 radical (unpaired) electrons. The molecule has 0 N–H and O–H groups in total. The van der Waals surface area contributed by atoms with E-state index in [-0.39, 0.29) is 12.4 Å². The highest BCUT2D eigenvalue weighted by Gasteiger charge is 2.00. The Morgan fingerprint density at radius 2 is 0.750 bits per heavy atom. The molecule has 0 aromatic heterocycles. The van der Waals surface area contributed by atoms with Crippen LogP contribution < -0.4 is 0 Å². The monoisotopic (exact) mass is 524 g/mol. The van der Waals surface area contributed by atoms with Crippen LogP contribution >= 0.6 is 0 Å². The van der Waals surface area contributed by atoms with Crippen molar-refractivity contribution in [1.29, 1.82) is 0 Å². The van der Waals surface area contributed by atoms with E-state index in [9.17, 15) is 4.79 Å². The molecule has 0 spiro atoms. The zero-order valence-electron chi connectivity index (χ0n) is 22.8. The molecule has 0 saturated carbocycles. The maximum Gasteiger partial charge on any atom is 0.308 e. The second-order valence-electron chi connectivity index (χ2n) is 7.87. The van der Waals surface area contributed by atoms with Crippen LogP contribution in [0.5, 0.6) is 0 Å². The zero-order valence-corrected chi connectivity index (χ0v) is 22.8. The van der Waals surface area contributed by atoms with Crippen LogP contribution in [0.2, 0.25) is 0 Å². The molecule has 0 aromatic carbocycles.